The Kier molecular flexibility index (Phi) is 5.58. The van der Waals surface area contributed by atoms with Gasteiger partial charge in [-0.2, -0.15) is 0 Å². The minimum Gasteiger partial charge on any atom is -0.396 e. The molecular weight excluding hydrogens is 192 g/mol. The van der Waals surface area contributed by atoms with Crippen molar-refractivity contribution in [3.63, 3.8) is 0 Å². The number of aliphatic hydroxyl groups excluding tert-OH is 1. The van der Waals surface area contributed by atoms with Crippen molar-refractivity contribution >= 4 is 5.78 Å². The van der Waals surface area contributed by atoms with E-state index < -0.39 is 0 Å². The van der Waals surface area contributed by atoms with Crippen molar-refractivity contribution in [3.05, 3.63) is 30.1 Å². The van der Waals surface area contributed by atoms with Crippen molar-refractivity contribution in [2.45, 2.75) is 12.8 Å². The van der Waals surface area contributed by atoms with Crippen LogP contribution in [0.5, 0.6) is 0 Å². The fraction of sp³-hybridized carbons (Fsp3) is 0.455. The van der Waals surface area contributed by atoms with Gasteiger partial charge in [0, 0.05) is 37.5 Å². The third-order valence-electron chi connectivity index (χ3n) is 2.02. The third kappa shape index (κ3) is 4.67. The maximum Gasteiger partial charge on any atom is 0.165 e. The number of carbonyl (C=O) groups excluding carboxylic acids is 1. The maximum absolute atomic E-state index is 11.5. The molecule has 0 atom stereocenters. The molecule has 0 aromatic carbocycles. The molecule has 0 aliphatic heterocycles. The first-order valence-corrected chi connectivity index (χ1v) is 5.09. The predicted molar refractivity (Wildman–Crippen MR) is 57.8 cm³/mol. The lowest BCUT2D eigenvalue weighted by atomic mass is 10.1. The number of hydrogen-bond acceptors (Lipinski definition) is 4. The highest BCUT2D eigenvalue weighted by Crippen LogP contribution is 1.99. The number of pyridine rings is 1. The van der Waals surface area contributed by atoms with Crippen LogP contribution in [0.1, 0.15) is 23.2 Å². The number of aromatic nitrogens is 1. The molecule has 1 aromatic rings. The van der Waals surface area contributed by atoms with E-state index in [9.17, 15) is 4.79 Å². The first-order valence-electron chi connectivity index (χ1n) is 5.09. The van der Waals surface area contributed by atoms with E-state index in [2.05, 4.69) is 10.3 Å². The first-order chi connectivity index (χ1) is 7.34. The van der Waals surface area contributed by atoms with Gasteiger partial charge in [-0.1, -0.05) is 0 Å². The van der Waals surface area contributed by atoms with Crippen molar-refractivity contribution < 1.29 is 9.90 Å². The summed E-state index contributed by atoms with van der Waals surface area (Å²) in [6.45, 7) is 1.58. The highest BCUT2D eigenvalue weighted by Gasteiger charge is 2.03. The van der Waals surface area contributed by atoms with Crippen LogP contribution in [0, 0.1) is 0 Å². The molecule has 1 aromatic heterocycles. The van der Waals surface area contributed by atoms with Gasteiger partial charge in [0.15, 0.2) is 5.78 Å². The largest absolute Gasteiger partial charge is 0.396 e. The molecule has 4 heteroatoms. The van der Waals surface area contributed by atoms with Crippen LogP contribution in [-0.2, 0) is 0 Å². The van der Waals surface area contributed by atoms with Crippen LogP contribution in [0.2, 0.25) is 0 Å². The summed E-state index contributed by atoms with van der Waals surface area (Å²) < 4.78 is 0. The number of Topliss-reactive ketones (excluding diaryl/α,β-unsaturated/α-hetero) is 1. The van der Waals surface area contributed by atoms with Crippen LogP contribution < -0.4 is 5.32 Å². The zero-order chi connectivity index (χ0) is 10.9. The molecule has 0 saturated heterocycles. The second kappa shape index (κ2) is 7.09. The number of rotatable bonds is 7. The summed E-state index contributed by atoms with van der Waals surface area (Å²) in [5.74, 6) is 0.0969. The zero-order valence-electron chi connectivity index (χ0n) is 8.65. The van der Waals surface area contributed by atoms with E-state index in [0.717, 1.165) is 13.0 Å². The molecule has 0 aliphatic rings. The molecule has 0 unspecified atom stereocenters. The van der Waals surface area contributed by atoms with Crippen molar-refractivity contribution in [1.82, 2.24) is 10.3 Å². The number of hydrogen-bond donors (Lipinski definition) is 2. The van der Waals surface area contributed by atoms with E-state index in [1.54, 1.807) is 24.5 Å². The second-order valence-corrected chi connectivity index (χ2v) is 3.24. The van der Waals surface area contributed by atoms with Crippen molar-refractivity contribution in [2.24, 2.45) is 0 Å². The summed E-state index contributed by atoms with van der Waals surface area (Å²) in [6, 6.07) is 3.52. The smallest absolute Gasteiger partial charge is 0.165 e. The Labute approximate surface area is 89.3 Å². The molecule has 15 heavy (non-hydrogen) atoms. The van der Waals surface area contributed by atoms with Gasteiger partial charge in [-0.05, 0) is 25.1 Å². The molecule has 82 valence electrons. The molecule has 1 rings (SSSR count). The van der Waals surface area contributed by atoms with Gasteiger partial charge in [-0.25, -0.2) is 0 Å². The van der Waals surface area contributed by atoms with E-state index in [1.807, 2.05) is 0 Å². The number of nitrogens with zero attached hydrogens (tertiary/aromatic N) is 1. The fourth-order valence-electron chi connectivity index (χ4n) is 1.20. The molecule has 0 aliphatic carbocycles. The summed E-state index contributed by atoms with van der Waals surface area (Å²) >= 11 is 0. The van der Waals surface area contributed by atoms with Crippen molar-refractivity contribution in [1.29, 1.82) is 0 Å². The van der Waals surface area contributed by atoms with Crippen molar-refractivity contribution in [2.75, 3.05) is 19.7 Å². The molecule has 4 nitrogen and oxygen atoms in total. The molecule has 0 spiro atoms. The summed E-state index contributed by atoms with van der Waals surface area (Å²) in [6.07, 6.45) is 4.42. The topological polar surface area (TPSA) is 62.2 Å². The normalized spacial score (nSPS) is 10.2. The Morgan fingerprint density at radius 1 is 1.47 bits per heavy atom. The summed E-state index contributed by atoms with van der Waals surface area (Å²) in [7, 11) is 0. The van der Waals surface area contributed by atoms with Crippen molar-refractivity contribution in [3.8, 4) is 0 Å². The average Bonchev–Trinajstić information content (AvgIpc) is 2.30. The van der Waals surface area contributed by atoms with Gasteiger partial charge in [-0.15, -0.1) is 0 Å². The zero-order valence-corrected chi connectivity index (χ0v) is 8.65. The molecule has 2 N–H and O–H groups in total. The van der Waals surface area contributed by atoms with Gasteiger partial charge in [0.25, 0.3) is 0 Å². The second-order valence-electron chi connectivity index (χ2n) is 3.24. The Balaban J connectivity index is 2.20. The quantitative estimate of drug-likeness (QED) is 0.509. The number of carbonyl (C=O) groups is 1. The van der Waals surface area contributed by atoms with Gasteiger partial charge in [-0.3, -0.25) is 9.78 Å². The Morgan fingerprint density at radius 2 is 2.33 bits per heavy atom. The highest BCUT2D eigenvalue weighted by atomic mass is 16.3. The lowest BCUT2D eigenvalue weighted by Crippen LogP contribution is -2.20. The molecule has 0 fully saturated rings. The predicted octanol–water partition coefficient (Wildman–Crippen LogP) is 0.626. The van der Waals surface area contributed by atoms with Crippen LogP contribution in [0.25, 0.3) is 0 Å². The lowest BCUT2D eigenvalue weighted by Gasteiger charge is -2.02. The molecule has 0 radical (unpaired) electrons. The molecule has 0 saturated carbocycles. The Morgan fingerprint density at radius 3 is 3.00 bits per heavy atom. The van der Waals surface area contributed by atoms with E-state index >= 15 is 0 Å². The van der Waals surface area contributed by atoms with Gasteiger partial charge < -0.3 is 10.4 Å². The van der Waals surface area contributed by atoms with Crippen LogP contribution in [0.15, 0.2) is 24.5 Å². The molecule has 1 heterocycles. The van der Waals surface area contributed by atoms with E-state index in [0.29, 0.717) is 18.5 Å². The molecule has 0 bridgehead atoms. The first kappa shape index (κ1) is 11.8. The summed E-state index contributed by atoms with van der Waals surface area (Å²) in [5.41, 5.74) is 0.654. The number of aliphatic hydroxyl groups is 1. The molecule has 0 amide bonds. The summed E-state index contributed by atoms with van der Waals surface area (Å²) in [4.78, 5) is 15.4. The third-order valence-corrected chi connectivity index (χ3v) is 2.02. The van der Waals surface area contributed by atoms with Crippen LogP contribution in [0.4, 0.5) is 0 Å². The number of nitrogens with one attached hydrogen (secondary N) is 1. The fourth-order valence-corrected chi connectivity index (χ4v) is 1.20. The van der Waals surface area contributed by atoms with Gasteiger partial charge in [0.05, 0.1) is 0 Å². The van der Waals surface area contributed by atoms with Gasteiger partial charge >= 0.3 is 0 Å². The van der Waals surface area contributed by atoms with E-state index in [1.165, 1.54) is 0 Å². The van der Waals surface area contributed by atoms with Crippen LogP contribution >= 0.6 is 0 Å². The molecular formula is C11H16N2O2. The Hall–Kier alpha value is -1.26. The van der Waals surface area contributed by atoms with E-state index in [-0.39, 0.29) is 12.4 Å². The van der Waals surface area contributed by atoms with Gasteiger partial charge in [0.1, 0.15) is 0 Å². The minimum absolute atomic E-state index is 0.0969. The average molecular weight is 208 g/mol. The standard InChI is InChI=1S/C11H16N2O2/c14-8-2-6-12-7-4-11(15)10-3-1-5-13-9-10/h1,3,5,9,12,14H,2,4,6-8H2. The number of ketones is 1. The monoisotopic (exact) mass is 208 g/mol. The minimum atomic E-state index is 0.0969. The SMILES string of the molecule is O=C(CCNCCCO)c1cccnc1. The van der Waals surface area contributed by atoms with Crippen LogP contribution in [0.3, 0.4) is 0 Å². The maximum atomic E-state index is 11.5. The van der Waals surface area contributed by atoms with Gasteiger partial charge in [0.2, 0.25) is 0 Å². The lowest BCUT2D eigenvalue weighted by molar-refractivity contribution is 0.0982. The highest BCUT2D eigenvalue weighted by molar-refractivity contribution is 5.95. The Bertz CT molecular complexity index is 288. The van der Waals surface area contributed by atoms with E-state index in [4.69, 9.17) is 5.11 Å². The summed E-state index contributed by atoms with van der Waals surface area (Å²) in [5, 5.41) is 11.6. The van der Waals surface area contributed by atoms with Crippen LogP contribution in [-0.4, -0.2) is 35.6 Å².